The molecule has 0 fully saturated rings. The number of ether oxygens (including phenoxy) is 2. The van der Waals surface area contributed by atoms with Gasteiger partial charge in [0.2, 0.25) is 5.95 Å². The van der Waals surface area contributed by atoms with Gasteiger partial charge in [-0.15, -0.1) is 0 Å². The molecule has 6 heteroatoms. The third-order valence-corrected chi connectivity index (χ3v) is 5.58. The summed E-state index contributed by atoms with van der Waals surface area (Å²) in [6, 6.07) is 13.5. The van der Waals surface area contributed by atoms with E-state index in [2.05, 4.69) is 9.88 Å². The van der Waals surface area contributed by atoms with Crippen LogP contribution < -0.4 is 14.8 Å². The summed E-state index contributed by atoms with van der Waals surface area (Å²) in [6.45, 7) is 0. The van der Waals surface area contributed by atoms with Gasteiger partial charge in [-0.2, -0.15) is 0 Å². The molecule has 0 spiro atoms. The van der Waals surface area contributed by atoms with Gasteiger partial charge in [0.15, 0.2) is 5.78 Å². The zero-order valence-electron chi connectivity index (χ0n) is 15.9. The summed E-state index contributed by atoms with van der Waals surface area (Å²) in [5.74, 6) is 2.35. The fourth-order valence-electron chi connectivity index (χ4n) is 4.31. The van der Waals surface area contributed by atoms with Crippen molar-refractivity contribution in [1.29, 1.82) is 0 Å². The Morgan fingerprint density at radius 3 is 2.79 bits per heavy atom. The summed E-state index contributed by atoms with van der Waals surface area (Å²) in [7, 11) is 3.27. The number of allylic oxidation sites excluding steroid dienone is 2. The first kappa shape index (κ1) is 16.9. The molecule has 1 aromatic heterocycles. The maximum atomic E-state index is 13.0. The van der Waals surface area contributed by atoms with Crippen LogP contribution in [0, 0.1) is 0 Å². The van der Waals surface area contributed by atoms with Gasteiger partial charge in [-0.3, -0.25) is 9.36 Å². The molecule has 1 aliphatic carbocycles. The van der Waals surface area contributed by atoms with Crippen LogP contribution in [0.4, 0.5) is 5.95 Å². The summed E-state index contributed by atoms with van der Waals surface area (Å²) >= 11 is 0. The van der Waals surface area contributed by atoms with E-state index in [1.54, 1.807) is 14.2 Å². The zero-order valence-corrected chi connectivity index (χ0v) is 15.9. The summed E-state index contributed by atoms with van der Waals surface area (Å²) in [5.41, 5.74) is 4.59. The quantitative estimate of drug-likeness (QED) is 0.747. The lowest BCUT2D eigenvalue weighted by Gasteiger charge is -2.34. The number of methoxy groups -OCH3 is 2. The Kier molecular flexibility index (Phi) is 3.86. The molecular formula is C22H21N3O3. The fourth-order valence-corrected chi connectivity index (χ4v) is 4.31. The van der Waals surface area contributed by atoms with E-state index in [0.717, 1.165) is 52.4 Å². The number of nitrogens with zero attached hydrogens (tertiary/aromatic N) is 2. The molecule has 2 heterocycles. The summed E-state index contributed by atoms with van der Waals surface area (Å²) in [4.78, 5) is 17.8. The normalized spacial score (nSPS) is 18.5. The summed E-state index contributed by atoms with van der Waals surface area (Å²) in [5, 5.41) is 3.42. The van der Waals surface area contributed by atoms with E-state index in [4.69, 9.17) is 14.5 Å². The van der Waals surface area contributed by atoms with Crippen molar-refractivity contribution in [3.8, 4) is 11.5 Å². The second-order valence-corrected chi connectivity index (χ2v) is 7.10. The van der Waals surface area contributed by atoms with Crippen LogP contribution in [0.1, 0.15) is 30.9 Å². The van der Waals surface area contributed by atoms with Crippen molar-refractivity contribution >= 4 is 22.8 Å². The van der Waals surface area contributed by atoms with E-state index < -0.39 is 0 Å². The first-order valence-corrected chi connectivity index (χ1v) is 9.43. The number of hydrogen-bond acceptors (Lipinski definition) is 5. The van der Waals surface area contributed by atoms with E-state index in [0.29, 0.717) is 12.2 Å². The number of fused-ring (bicyclic) bond motifs is 3. The Morgan fingerprint density at radius 2 is 1.96 bits per heavy atom. The number of Topliss-reactive ketones (excluding diaryl/α,β-unsaturated/α-hetero) is 1. The molecule has 1 N–H and O–H groups in total. The Morgan fingerprint density at radius 1 is 1.11 bits per heavy atom. The first-order valence-electron chi connectivity index (χ1n) is 9.43. The molecule has 5 rings (SSSR count). The topological polar surface area (TPSA) is 65.4 Å². The lowest BCUT2D eigenvalue weighted by Crippen LogP contribution is -2.31. The van der Waals surface area contributed by atoms with Gasteiger partial charge >= 0.3 is 0 Å². The average Bonchev–Trinajstić information content (AvgIpc) is 3.10. The highest BCUT2D eigenvalue weighted by Gasteiger charge is 2.37. The SMILES string of the molecule is COc1ccc([C@H]2C3=C(CCCC3=O)Nc3nc4ccccc4n32)c(OC)c1. The maximum Gasteiger partial charge on any atom is 0.209 e. The number of carbonyl (C=O) groups excluding carboxylic acids is 1. The van der Waals surface area contributed by atoms with Crippen molar-refractivity contribution in [2.24, 2.45) is 0 Å². The predicted molar refractivity (Wildman–Crippen MR) is 107 cm³/mol. The highest BCUT2D eigenvalue weighted by Crippen LogP contribution is 2.45. The minimum absolute atomic E-state index is 0.181. The Labute approximate surface area is 162 Å². The molecule has 2 aliphatic rings. The largest absolute Gasteiger partial charge is 0.497 e. The molecule has 0 radical (unpaired) electrons. The highest BCUT2D eigenvalue weighted by atomic mass is 16.5. The second kappa shape index (κ2) is 6.41. The smallest absolute Gasteiger partial charge is 0.209 e. The third kappa shape index (κ3) is 2.41. The van der Waals surface area contributed by atoms with Gasteiger partial charge in [0, 0.05) is 29.3 Å². The molecule has 142 valence electrons. The second-order valence-electron chi connectivity index (χ2n) is 7.10. The average molecular weight is 375 g/mol. The van der Waals surface area contributed by atoms with Crippen molar-refractivity contribution < 1.29 is 14.3 Å². The minimum atomic E-state index is -0.285. The molecule has 0 saturated carbocycles. The van der Waals surface area contributed by atoms with Crippen LogP contribution in [0.25, 0.3) is 11.0 Å². The third-order valence-electron chi connectivity index (χ3n) is 5.58. The van der Waals surface area contributed by atoms with Crippen LogP contribution in [-0.4, -0.2) is 29.6 Å². The van der Waals surface area contributed by atoms with Gasteiger partial charge in [-0.1, -0.05) is 12.1 Å². The van der Waals surface area contributed by atoms with Gasteiger partial charge in [0.05, 0.1) is 31.3 Å². The van der Waals surface area contributed by atoms with Gasteiger partial charge in [-0.05, 0) is 37.1 Å². The van der Waals surface area contributed by atoms with Gasteiger partial charge < -0.3 is 14.8 Å². The van der Waals surface area contributed by atoms with Crippen molar-refractivity contribution in [2.45, 2.75) is 25.3 Å². The van der Waals surface area contributed by atoms with Crippen LogP contribution in [0.2, 0.25) is 0 Å². The lowest BCUT2D eigenvalue weighted by atomic mass is 9.85. The molecule has 0 amide bonds. The standard InChI is InChI=1S/C22H21N3O3/c1-27-13-10-11-14(19(12-13)28-2)21-20-16(7-5-9-18(20)26)24-22-23-15-6-3-4-8-17(15)25(21)22/h3-4,6,8,10-12,21H,5,7,9H2,1-2H3,(H,23,24)/t21-/m0/s1. The fraction of sp³-hybridized carbons (Fsp3) is 0.273. The molecule has 0 saturated heterocycles. The van der Waals surface area contributed by atoms with Gasteiger partial charge in [-0.25, -0.2) is 4.98 Å². The van der Waals surface area contributed by atoms with E-state index in [1.807, 2.05) is 42.5 Å². The number of anilines is 1. The van der Waals surface area contributed by atoms with Gasteiger partial charge in [0.25, 0.3) is 0 Å². The van der Waals surface area contributed by atoms with E-state index in [-0.39, 0.29) is 11.8 Å². The lowest BCUT2D eigenvalue weighted by molar-refractivity contribution is -0.116. The number of hydrogen-bond donors (Lipinski definition) is 1. The first-order chi connectivity index (χ1) is 13.7. The number of ketones is 1. The van der Waals surface area contributed by atoms with Crippen LogP contribution in [0.15, 0.2) is 53.7 Å². The molecule has 0 unspecified atom stereocenters. The van der Waals surface area contributed by atoms with Crippen LogP contribution in [0.5, 0.6) is 11.5 Å². The number of imidazole rings is 1. The summed E-state index contributed by atoms with van der Waals surface area (Å²) in [6.07, 6.45) is 2.27. The summed E-state index contributed by atoms with van der Waals surface area (Å²) < 4.78 is 13.2. The Bertz CT molecular complexity index is 1130. The van der Waals surface area contributed by atoms with Crippen molar-refractivity contribution in [1.82, 2.24) is 9.55 Å². The zero-order chi connectivity index (χ0) is 19.3. The van der Waals surface area contributed by atoms with Gasteiger partial charge in [0.1, 0.15) is 11.5 Å². The molecule has 1 aliphatic heterocycles. The number of benzene rings is 2. The molecular weight excluding hydrogens is 354 g/mol. The molecule has 28 heavy (non-hydrogen) atoms. The van der Waals surface area contributed by atoms with Crippen LogP contribution in [-0.2, 0) is 4.79 Å². The molecule has 2 aromatic carbocycles. The maximum absolute atomic E-state index is 13.0. The predicted octanol–water partition coefficient (Wildman–Crippen LogP) is 4.08. The minimum Gasteiger partial charge on any atom is -0.497 e. The van der Waals surface area contributed by atoms with E-state index in [1.165, 1.54) is 0 Å². The molecule has 3 aromatic rings. The molecule has 0 bridgehead atoms. The van der Waals surface area contributed by atoms with E-state index >= 15 is 0 Å². The number of carbonyl (C=O) groups is 1. The van der Waals surface area contributed by atoms with Crippen molar-refractivity contribution in [2.75, 3.05) is 19.5 Å². The highest BCUT2D eigenvalue weighted by molar-refractivity contribution is 6.00. The Hall–Kier alpha value is -3.28. The number of nitrogens with one attached hydrogen (secondary N) is 1. The Balaban J connectivity index is 1.81. The number of para-hydroxylation sites is 2. The number of rotatable bonds is 3. The number of aromatic nitrogens is 2. The van der Waals surface area contributed by atoms with Crippen molar-refractivity contribution in [3.63, 3.8) is 0 Å². The van der Waals surface area contributed by atoms with Crippen molar-refractivity contribution in [3.05, 3.63) is 59.3 Å². The molecule has 6 nitrogen and oxygen atoms in total. The molecule has 1 atom stereocenters. The van der Waals surface area contributed by atoms with Crippen LogP contribution >= 0.6 is 0 Å². The van der Waals surface area contributed by atoms with E-state index in [9.17, 15) is 4.79 Å². The van der Waals surface area contributed by atoms with Crippen LogP contribution in [0.3, 0.4) is 0 Å². The monoisotopic (exact) mass is 375 g/mol.